The fourth-order valence-electron chi connectivity index (χ4n) is 2.30. The Balaban J connectivity index is 2.40. The van der Waals surface area contributed by atoms with E-state index in [1.165, 1.54) is 16.7 Å². The molecule has 0 heterocycles. The maximum Gasteiger partial charge on any atom is 0.251 e. The van der Waals surface area contributed by atoms with Crippen LogP contribution in [0.1, 0.15) is 36.2 Å². The lowest BCUT2D eigenvalue weighted by Crippen LogP contribution is -2.17. The number of carbonyl (C=O) groups excluding carboxylic acids is 1. The van der Waals surface area contributed by atoms with Gasteiger partial charge in [-0.25, -0.2) is 0 Å². The molecule has 1 N–H and O–H groups in total. The van der Waals surface area contributed by atoms with E-state index in [4.69, 9.17) is 0 Å². The quantitative estimate of drug-likeness (QED) is 0.879. The van der Waals surface area contributed by atoms with Crippen molar-refractivity contribution in [3.63, 3.8) is 0 Å². The molecule has 1 aliphatic rings. The minimum atomic E-state index is -0.0567. The molecule has 2 heteroatoms. The molecular weight excluding hydrogens is 258 g/mol. The summed E-state index contributed by atoms with van der Waals surface area (Å²) in [5, 5.41) is 2.66. The van der Waals surface area contributed by atoms with E-state index in [2.05, 4.69) is 49.5 Å². The van der Waals surface area contributed by atoms with Crippen LogP contribution in [0.25, 0.3) is 5.57 Å². The van der Waals surface area contributed by atoms with Crippen molar-refractivity contribution in [2.45, 2.75) is 20.3 Å². The molecule has 0 aliphatic heterocycles. The first kappa shape index (κ1) is 15.0. The number of benzene rings is 1. The van der Waals surface area contributed by atoms with Crippen LogP contribution in [0.5, 0.6) is 0 Å². The van der Waals surface area contributed by atoms with Crippen molar-refractivity contribution in [3.05, 3.63) is 76.9 Å². The minimum absolute atomic E-state index is 0.0567. The highest BCUT2D eigenvalue weighted by Crippen LogP contribution is 2.25. The molecule has 0 unspecified atom stereocenters. The lowest BCUT2D eigenvalue weighted by molar-refractivity contribution is 0.0963. The van der Waals surface area contributed by atoms with E-state index in [-0.39, 0.29) is 5.91 Å². The minimum Gasteiger partial charge on any atom is -0.355 e. The van der Waals surface area contributed by atoms with Gasteiger partial charge in [0, 0.05) is 12.6 Å². The second-order valence-corrected chi connectivity index (χ2v) is 5.10. The molecule has 0 aromatic heterocycles. The summed E-state index contributed by atoms with van der Waals surface area (Å²) in [6.07, 6.45) is 11.6. The zero-order valence-electron chi connectivity index (χ0n) is 12.8. The molecule has 21 heavy (non-hydrogen) atoms. The number of carbonyl (C=O) groups is 1. The summed E-state index contributed by atoms with van der Waals surface area (Å²) >= 11 is 0. The van der Waals surface area contributed by atoms with Gasteiger partial charge in [0.15, 0.2) is 0 Å². The standard InChI is InChI=1S/C19H21NO/c1-14(16-9-6-4-5-7-10-16)15(2)17-11-8-12-18(13-17)19(21)20-3/h4,6-13H,5H2,1-3H3,(H,20,21)/b15-14-. The summed E-state index contributed by atoms with van der Waals surface area (Å²) in [4.78, 5) is 11.7. The number of hydrogen-bond donors (Lipinski definition) is 1. The molecule has 1 aliphatic carbocycles. The van der Waals surface area contributed by atoms with Crippen molar-refractivity contribution in [2.75, 3.05) is 7.05 Å². The molecule has 0 bridgehead atoms. The van der Waals surface area contributed by atoms with Gasteiger partial charge >= 0.3 is 0 Å². The normalized spacial score (nSPS) is 15.1. The summed E-state index contributed by atoms with van der Waals surface area (Å²) in [7, 11) is 1.65. The molecular formula is C19H21NO. The molecule has 1 aromatic carbocycles. The predicted octanol–water partition coefficient (Wildman–Crippen LogP) is 4.28. The fourth-order valence-corrected chi connectivity index (χ4v) is 2.30. The van der Waals surface area contributed by atoms with Crippen molar-refractivity contribution in [1.29, 1.82) is 0 Å². The second-order valence-electron chi connectivity index (χ2n) is 5.10. The van der Waals surface area contributed by atoms with Crippen LogP contribution in [0.3, 0.4) is 0 Å². The van der Waals surface area contributed by atoms with Crippen LogP contribution < -0.4 is 5.32 Å². The van der Waals surface area contributed by atoms with Crippen LogP contribution in [-0.2, 0) is 0 Å². The number of amides is 1. The van der Waals surface area contributed by atoms with Crippen LogP contribution >= 0.6 is 0 Å². The summed E-state index contributed by atoms with van der Waals surface area (Å²) < 4.78 is 0. The van der Waals surface area contributed by atoms with Crippen molar-refractivity contribution in [2.24, 2.45) is 0 Å². The Morgan fingerprint density at radius 3 is 2.62 bits per heavy atom. The molecule has 0 radical (unpaired) electrons. The molecule has 0 atom stereocenters. The van der Waals surface area contributed by atoms with E-state index in [9.17, 15) is 4.79 Å². The largest absolute Gasteiger partial charge is 0.355 e. The SMILES string of the molecule is CNC(=O)c1cccc(/C(C)=C(/C)C2=CC=CCC=C2)c1. The van der Waals surface area contributed by atoms with Crippen LogP contribution in [0.15, 0.2) is 65.8 Å². The average Bonchev–Trinajstić information content (AvgIpc) is 2.82. The van der Waals surface area contributed by atoms with Crippen LogP contribution in [-0.4, -0.2) is 13.0 Å². The van der Waals surface area contributed by atoms with Gasteiger partial charge in [0.25, 0.3) is 5.91 Å². The second kappa shape index (κ2) is 6.89. The maximum absolute atomic E-state index is 11.7. The number of rotatable bonds is 3. The van der Waals surface area contributed by atoms with E-state index in [1.807, 2.05) is 24.3 Å². The van der Waals surface area contributed by atoms with Crippen molar-refractivity contribution in [3.8, 4) is 0 Å². The Kier molecular flexibility index (Phi) is 4.94. The zero-order valence-corrected chi connectivity index (χ0v) is 12.8. The molecule has 1 amide bonds. The molecule has 2 rings (SSSR count). The number of hydrogen-bond acceptors (Lipinski definition) is 1. The molecule has 0 saturated heterocycles. The number of nitrogens with one attached hydrogen (secondary N) is 1. The highest BCUT2D eigenvalue weighted by Gasteiger charge is 2.08. The third kappa shape index (κ3) is 3.60. The molecule has 0 fully saturated rings. The van der Waals surface area contributed by atoms with Gasteiger partial charge in [-0.2, -0.15) is 0 Å². The third-order valence-electron chi connectivity index (χ3n) is 3.76. The lowest BCUT2D eigenvalue weighted by atomic mass is 9.95. The highest BCUT2D eigenvalue weighted by atomic mass is 16.1. The Bertz CT molecular complexity index is 660. The van der Waals surface area contributed by atoms with Crippen LogP contribution in [0.4, 0.5) is 0 Å². The maximum atomic E-state index is 11.7. The summed E-state index contributed by atoms with van der Waals surface area (Å²) in [6, 6.07) is 7.74. The summed E-state index contributed by atoms with van der Waals surface area (Å²) in [5.41, 5.74) is 5.40. The molecule has 1 aromatic rings. The highest BCUT2D eigenvalue weighted by molar-refractivity contribution is 5.95. The topological polar surface area (TPSA) is 29.1 Å². The monoisotopic (exact) mass is 279 g/mol. The summed E-state index contributed by atoms with van der Waals surface area (Å²) in [6.45, 7) is 4.22. The Labute approximate surface area is 126 Å². The first-order chi connectivity index (χ1) is 10.1. The van der Waals surface area contributed by atoms with E-state index in [0.717, 1.165) is 12.0 Å². The van der Waals surface area contributed by atoms with E-state index in [1.54, 1.807) is 7.05 Å². The Morgan fingerprint density at radius 1 is 1.10 bits per heavy atom. The van der Waals surface area contributed by atoms with Crippen molar-refractivity contribution < 1.29 is 4.79 Å². The smallest absolute Gasteiger partial charge is 0.251 e. The Hall–Kier alpha value is -2.35. The molecule has 0 spiro atoms. The summed E-state index contributed by atoms with van der Waals surface area (Å²) in [5.74, 6) is -0.0567. The van der Waals surface area contributed by atoms with E-state index in [0.29, 0.717) is 5.56 Å². The molecule has 2 nitrogen and oxygen atoms in total. The van der Waals surface area contributed by atoms with Crippen molar-refractivity contribution >= 4 is 11.5 Å². The van der Waals surface area contributed by atoms with Gasteiger partial charge < -0.3 is 5.32 Å². The van der Waals surface area contributed by atoms with Gasteiger partial charge in [-0.05, 0) is 54.7 Å². The van der Waals surface area contributed by atoms with Crippen LogP contribution in [0, 0.1) is 0 Å². The van der Waals surface area contributed by atoms with Gasteiger partial charge in [-0.1, -0.05) is 42.5 Å². The van der Waals surface area contributed by atoms with E-state index >= 15 is 0 Å². The van der Waals surface area contributed by atoms with Gasteiger partial charge in [-0.3, -0.25) is 4.79 Å². The average molecular weight is 279 g/mol. The van der Waals surface area contributed by atoms with Gasteiger partial charge in [0.05, 0.1) is 0 Å². The molecule has 0 saturated carbocycles. The Morgan fingerprint density at radius 2 is 1.86 bits per heavy atom. The number of allylic oxidation sites excluding steroid dienone is 8. The first-order valence-corrected chi connectivity index (χ1v) is 7.17. The third-order valence-corrected chi connectivity index (χ3v) is 3.76. The fraction of sp³-hybridized carbons (Fsp3) is 0.211. The van der Waals surface area contributed by atoms with E-state index < -0.39 is 0 Å². The van der Waals surface area contributed by atoms with Crippen LogP contribution in [0.2, 0.25) is 0 Å². The van der Waals surface area contributed by atoms with Gasteiger partial charge in [0.1, 0.15) is 0 Å². The molecule has 108 valence electrons. The predicted molar refractivity (Wildman–Crippen MR) is 89.1 cm³/mol. The first-order valence-electron chi connectivity index (χ1n) is 7.17. The lowest BCUT2D eigenvalue weighted by Gasteiger charge is -2.10. The van der Waals surface area contributed by atoms with Crippen molar-refractivity contribution in [1.82, 2.24) is 5.32 Å². The van der Waals surface area contributed by atoms with Gasteiger partial charge in [0.2, 0.25) is 0 Å². The van der Waals surface area contributed by atoms with Gasteiger partial charge in [-0.15, -0.1) is 0 Å². The zero-order chi connectivity index (χ0) is 15.2.